The van der Waals surface area contributed by atoms with Crippen LogP contribution in [0.25, 0.3) is 0 Å². The van der Waals surface area contributed by atoms with Gasteiger partial charge in [-0.25, -0.2) is 0 Å². The van der Waals surface area contributed by atoms with E-state index in [1.54, 1.807) is 0 Å². The third kappa shape index (κ3) is 16.4. The van der Waals surface area contributed by atoms with Crippen molar-refractivity contribution in [1.82, 2.24) is 29.4 Å². The molecular weight excluding hydrogens is 1110 g/mol. The zero-order chi connectivity index (χ0) is 45.9. The quantitative estimate of drug-likeness (QED) is 0.194. The predicted octanol–water partition coefficient (Wildman–Crippen LogP) is -8.66. The number of hydrogen-bond acceptors (Lipinski definition) is 30. The molecule has 34 heteroatoms. The topological polar surface area (TPSA) is 335 Å². The molecule has 0 aromatic heterocycles. The van der Waals surface area contributed by atoms with Crippen LogP contribution >= 0.6 is 0 Å². The first-order valence-electron chi connectivity index (χ1n) is 19.2. The minimum atomic E-state index is -4.34. The minimum absolute atomic E-state index is 0.0237. The van der Waals surface area contributed by atoms with Crippen LogP contribution in [0.4, 0.5) is 0 Å². The summed E-state index contributed by atoms with van der Waals surface area (Å²) >= 11 is -16.7. The van der Waals surface area contributed by atoms with E-state index < -0.39 is 193 Å². The average molecular weight is 1140 g/mol. The van der Waals surface area contributed by atoms with Crippen LogP contribution in [0.15, 0.2) is 0 Å². The molecule has 0 spiro atoms. The third-order valence-electron chi connectivity index (χ3n) is 9.16. The molecular formula is C30H36Ga4N6O24. The summed E-state index contributed by atoms with van der Waals surface area (Å²) in [5, 5.41) is 0. The predicted molar refractivity (Wildman–Crippen MR) is 195 cm³/mol. The maximum atomic E-state index is 12.9. The van der Waals surface area contributed by atoms with E-state index in [4.69, 9.17) is 42.4 Å². The van der Waals surface area contributed by atoms with Crippen LogP contribution < -0.4 is 0 Å². The van der Waals surface area contributed by atoms with Gasteiger partial charge in [-0.3, -0.25) is 0 Å². The van der Waals surface area contributed by atoms with E-state index in [9.17, 15) is 57.5 Å². The van der Waals surface area contributed by atoms with Crippen LogP contribution in [0.3, 0.4) is 0 Å². The normalized spacial score (nSPS) is 22.6. The van der Waals surface area contributed by atoms with Crippen molar-refractivity contribution < 1.29 is 99.9 Å². The van der Waals surface area contributed by atoms with E-state index in [1.807, 2.05) is 0 Å². The Morgan fingerprint density at radius 1 is 0.359 bits per heavy atom. The Morgan fingerprint density at radius 3 is 0.906 bits per heavy atom. The van der Waals surface area contributed by atoms with Crippen molar-refractivity contribution in [3.05, 3.63) is 0 Å². The van der Waals surface area contributed by atoms with Gasteiger partial charge < -0.3 is 0 Å². The fourth-order valence-corrected chi connectivity index (χ4v) is 14.8. The molecule has 30 nitrogen and oxygen atoms in total. The van der Waals surface area contributed by atoms with E-state index in [2.05, 4.69) is 0 Å². The van der Waals surface area contributed by atoms with Crippen LogP contribution in [0.5, 0.6) is 0 Å². The first kappa shape index (κ1) is 49.4. The molecule has 0 amide bonds. The summed E-state index contributed by atoms with van der Waals surface area (Å²) in [6, 6.07) is 0. The molecule has 0 saturated carbocycles. The van der Waals surface area contributed by atoms with Crippen molar-refractivity contribution in [2.75, 3.05) is 118 Å². The summed E-state index contributed by atoms with van der Waals surface area (Å²) in [6.45, 7) is -5.35. The second-order valence-corrected chi connectivity index (χ2v) is 25.1. The van der Waals surface area contributed by atoms with Gasteiger partial charge >= 0.3 is 388 Å². The van der Waals surface area contributed by atoms with E-state index >= 15 is 0 Å². The van der Waals surface area contributed by atoms with Gasteiger partial charge in [-0.05, 0) is 0 Å². The number of carbonyl (C=O) groups is 12. The molecule has 8 aliphatic rings. The van der Waals surface area contributed by atoms with E-state index in [0.29, 0.717) is 0 Å². The molecule has 8 rings (SSSR count). The van der Waals surface area contributed by atoms with Crippen molar-refractivity contribution in [2.24, 2.45) is 0 Å². The number of carbonyl (C=O) groups excluding carboxylic acids is 12. The van der Waals surface area contributed by atoms with Gasteiger partial charge in [0, 0.05) is 0 Å². The molecule has 0 radical (unpaired) electrons. The Labute approximate surface area is 385 Å². The Morgan fingerprint density at radius 2 is 0.609 bits per heavy atom. The molecule has 4 bridgehead atoms. The summed E-state index contributed by atoms with van der Waals surface area (Å²) < 4.78 is 61.6. The summed E-state index contributed by atoms with van der Waals surface area (Å²) in [5.74, 6) is -10.5. The van der Waals surface area contributed by atoms with Gasteiger partial charge in [0.05, 0.1) is 0 Å². The van der Waals surface area contributed by atoms with E-state index in [0.717, 1.165) is 0 Å². The SMILES string of the molecule is O=C(CN1CCN2CC(=O)[O][Ga]([O]C(=O)C2)[O]C(=O)C1)[O][Ga]1[O]C(=O)CN(CCN2CC(=O)[O][Ga]([O]C(=O)CN3CCN4CC(=O)[O][Ga]([O]C(=O)C4)[O]C(=O)C3)[O]C(=O)C2)CC(=O)[O]1. The van der Waals surface area contributed by atoms with Crippen molar-refractivity contribution in [2.45, 2.75) is 0 Å². The molecule has 8 aliphatic heterocycles. The van der Waals surface area contributed by atoms with Crippen LogP contribution in [0, 0.1) is 0 Å². The monoisotopic (exact) mass is 1140 g/mol. The summed E-state index contributed by atoms with van der Waals surface area (Å²) in [6.07, 6.45) is 0. The maximum absolute atomic E-state index is 12.9. The van der Waals surface area contributed by atoms with Gasteiger partial charge in [-0.2, -0.15) is 0 Å². The first-order chi connectivity index (χ1) is 30.5. The van der Waals surface area contributed by atoms with Gasteiger partial charge in [-0.1, -0.05) is 0 Å². The average Bonchev–Trinajstić information content (AvgIpc) is 3.21. The molecule has 0 aliphatic carbocycles. The molecule has 0 unspecified atom stereocenters. The molecule has 8 saturated heterocycles. The molecule has 8 heterocycles. The summed E-state index contributed by atoms with van der Waals surface area (Å²) in [4.78, 5) is 158. The van der Waals surface area contributed by atoms with Gasteiger partial charge in [0.1, 0.15) is 0 Å². The van der Waals surface area contributed by atoms with Gasteiger partial charge in [0.25, 0.3) is 0 Å². The fraction of sp³-hybridized carbons (Fsp3) is 0.600. The fourth-order valence-electron chi connectivity index (χ4n) is 6.35. The Bertz CT molecular complexity index is 1700. The molecule has 0 N–H and O–H groups in total. The van der Waals surface area contributed by atoms with Crippen molar-refractivity contribution >= 4 is 141 Å². The molecule has 342 valence electrons. The number of nitrogens with zero attached hydrogens (tertiary/aromatic N) is 6. The summed E-state index contributed by atoms with van der Waals surface area (Å²) in [5.41, 5.74) is 0. The van der Waals surface area contributed by atoms with E-state index in [1.165, 1.54) is 29.4 Å². The Balaban J connectivity index is 0.934. The standard InChI is InChI=1S/3C10H16N2O8.4Ga/c3*13-7(14)3-11(4-8(15)16)1-2-12(5-9(17)18)6-10(19)20;;;;/h3*1-6H2,(H,13,14)(H,15,16)(H,17,18)(H,19,20);;;;/q;;;4*+3/p-12. The van der Waals surface area contributed by atoms with Crippen molar-refractivity contribution in [3.63, 3.8) is 0 Å². The Kier molecular flexibility index (Phi) is 18.1. The number of rotatable bonds is 9. The van der Waals surface area contributed by atoms with Crippen LogP contribution in [-0.4, -0.2) is 288 Å². The zero-order valence-corrected chi connectivity index (χ0v) is 43.2. The molecule has 0 aromatic carbocycles. The molecule has 0 atom stereocenters. The van der Waals surface area contributed by atoms with Gasteiger partial charge in [0.2, 0.25) is 0 Å². The van der Waals surface area contributed by atoms with Crippen LogP contribution in [0.1, 0.15) is 0 Å². The van der Waals surface area contributed by atoms with Crippen molar-refractivity contribution in [1.29, 1.82) is 0 Å². The van der Waals surface area contributed by atoms with Gasteiger partial charge in [0.15, 0.2) is 0 Å². The third-order valence-corrected chi connectivity index (χ3v) is 20.6. The van der Waals surface area contributed by atoms with E-state index in [-0.39, 0.29) is 65.4 Å². The Hall–Kier alpha value is -4.05. The first-order valence-corrected chi connectivity index (χ1v) is 31.0. The number of fused-ring (bicyclic) bond motifs is 18. The van der Waals surface area contributed by atoms with Crippen LogP contribution in [0.2, 0.25) is 0 Å². The van der Waals surface area contributed by atoms with Crippen molar-refractivity contribution in [3.8, 4) is 0 Å². The zero-order valence-electron chi connectivity index (χ0n) is 33.5. The second-order valence-electron chi connectivity index (χ2n) is 14.3. The molecule has 0 aromatic rings. The van der Waals surface area contributed by atoms with Gasteiger partial charge in [-0.15, -0.1) is 0 Å². The molecule has 8 fully saturated rings. The second kappa shape index (κ2) is 23.4. The van der Waals surface area contributed by atoms with Crippen LogP contribution in [-0.2, 0) is 99.9 Å². The number of hydrogen-bond donors (Lipinski definition) is 0. The summed E-state index contributed by atoms with van der Waals surface area (Å²) in [7, 11) is 0. The molecule has 64 heavy (non-hydrogen) atoms.